The van der Waals surface area contributed by atoms with Gasteiger partial charge in [0.2, 0.25) is 0 Å². The fourth-order valence-electron chi connectivity index (χ4n) is 1.38. The van der Waals surface area contributed by atoms with Crippen LogP contribution in [0.2, 0.25) is 0 Å². The second kappa shape index (κ2) is 5.86. The first-order valence-electron chi connectivity index (χ1n) is 5.44. The molecule has 0 amide bonds. The third-order valence-corrected chi connectivity index (χ3v) is 4.77. The molecule has 5 nitrogen and oxygen atoms in total. The number of carboxylic acid groups (broad SMARTS) is 1. The highest BCUT2D eigenvalue weighted by Gasteiger charge is 2.26. The van der Waals surface area contributed by atoms with Crippen LogP contribution in [0.15, 0.2) is 24.3 Å². The minimum absolute atomic E-state index is 0.174. The molecule has 0 aliphatic heterocycles. The lowest BCUT2D eigenvalue weighted by Gasteiger charge is -2.08. The van der Waals surface area contributed by atoms with Crippen molar-refractivity contribution in [2.45, 2.75) is 18.6 Å². The standard InChI is InChI=1S/C12H16O5S/c1-9(12(13)14)18(15,16)8-7-10-3-5-11(17-2)6-4-10/h3-6,9H,7-8H2,1-2H3,(H,13,14). The van der Waals surface area contributed by atoms with E-state index in [0.29, 0.717) is 12.2 Å². The highest BCUT2D eigenvalue weighted by atomic mass is 32.2. The van der Waals surface area contributed by atoms with Crippen molar-refractivity contribution in [2.24, 2.45) is 0 Å². The van der Waals surface area contributed by atoms with Crippen molar-refractivity contribution in [3.05, 3.63) is 29.8 Å². The highest BCUT2D eigenvalue weighted by molar-refractivity contribution is 7.92. The van der Waals surface area contributed by atoms with Crippen LogP contribution in [-0.4, -0.2) is 37.6 Å². The number of rotatable bonds is 6. The van der Waals surface area contributed by atoms with Crippen LogP contribution in [-0.2, 0) is 21.1 Å². The Morgan fingerprint density at radius 3 is 2.33 bits per heavy atom. The zero-order chi connectivity index (χ0) is 13.8. The van der Waals surface area contributed by atoms with Crippen LogP contribution in [0.4, 0.5) is 0 Å². The topological polar surface area (TPSA) is 80.7 Å². The third-order valence-electron chi connectivity index (χ3n) is 2.72. The molecule has 0 heterocycles. The van der Waals surface area contributed by atoms with Crippen molar-refractivity contribution in [1.29, 1.82) is 0 Å². The van der Waals surface area contributed by atoms with Gasteiger partial charge in [-0.05, 0) is 31.0 Å². The molecule has 0 aliphatic carbocycles. The molecular formula is C12H16O5S. The Balaban J connectivity index is 2.67. The molecule has 1 unspecified atom stereocenters. The number of benzene rings is 1. The third kappa shape index (κ3) is 3.73. The van der Waals surface area contributed by atoms with Crippen molar-refractivity contribution in [3.8, 4) is 5.75 Å². The Bertz CT molecular complexity index is 504. The van der Waals surface area contributed by atoms with Crippen LogP contribution in [0.25, 0.3) is 0 Å². The lowest BCUT2D eigenvalue weighted by Crippen LogP contribution is -2.29. The quantitative estimate of drug-likeness (QED) is 0.839. The van der Waals surface area contributed by atoms with Gasteiger partial charge in [-0.3, -0.25) is 4.79 Å². The van der Waals surface area contributed by atoms with Crippen LogP contribution in [0.3, 0.4) is 0 Å². The summed E-state index contributed by atoms with van der Waals surface area (Å²) in [7, 11) is -2.05. The first-order valence-corrected chi connectivity index (χ1v) is 7.15. The van der Waals surface area contributed by atoms with E-state index in [4.69, 9.17) is 9.84 Å². The van der Waals surface area contributed by atoms with E-state index in [2.05, 4.69) is 0 Å². The summed E-state index contributed by atoms with van der Waals surface area (Å²) in [4.78, 5) is 10.6. The Morgan fingerprint density at radius 1 is 1.33 bits per heavy atom. The van der Waals surface area contributed by atoms with Gasteiger partial charge in [-0.15, -0.1) is 0 Å². The average molecular weight is 272 g/mol. The van der Waals surface area contributed by atoms with Gasteiger partial charge in [0.05, 0.1) is 12.9 Å². The first-order chi connectivity index (χ1) is 8.36. The van der Waals surface area contributed by atoms with Gasteiger partial charge in [0.15, 0.2) is 15.1 Å². The molecule has 0 fully saturated rings. The minimum atomic E-state index is -3.60. The Morgan fingerprint density at radius 2 is 1.89 bits per heavy atom. The van der Waals surface area contributed by atoms with Gasteiger partial charge in [-0.25, -0.2) is 8.42 Å². The van der Waals surface area contributed by atoms with Crippen LogP contribution < -0.4 is 4.74 Å². The van der Waals surface area contributed by atoms with Crippen molar-refractivity contribution in [2.75, 3.05) is 12.9 Å². The number of ether oxygens (including phenoxy) is 1. The summed E-state index contributed by atoms with van der Waals surface area (Å²) in [5.74, 6) is -0.794. The van der Waals surface area contributed by atoms with Gasteiger partial charge in [0, 0.05) is 0 Å². The molecular weight excluding hydrogens is 256 g/mol. The normalized spacial score (nSPS) is 13.0. The predicted octanol–water partition coefficient (Wildman–Crippen LogP) is 1.13. The smallest absolute Gasteiger partial charge is 0.321 e. The lowest BCUT2D eigenvalue weighted by atomic mass is 10.2. The molecule has 1 aromatic rings. The highest BCUT2D eigenvalue weighted by Crippen LogP contribution is 2.13. The first kappa shape index (κ1) is 14.5. The number of carboxylic acids is 1. The number of hydrogen-bond acceptors (Lipinski definition) is 4. The summed E-state index contributed by atoms with van der Waals surface area (Å²) in [5.41, 5.74) is 0.831. The summed E-state index contributed by atoms with van der Waals surface area (Å²) in [6, 6.07) is 7.00. The molecule has 0 saturated carbocycles. The van der Waals surface area contributed by atoms with Crippen molar-refractivity contribution in [3.63, 3.8) is 0 Å². The van der Waals surface area contributed by atoms with E-state index in [1.807, 2.05) is 0 Å². The molecule has 0 radical (unpaired) electrons. The van der Waals surface area contributed by atoms with E-state index < -0.39 is 21.1 Å². The van der Waals surface area contributed by atoms with Gasteiger partial charge in [-0.1, -0.05) is 12.1 Å². The molecule has 0 aromatic heterocycles. The molecule has 100 valence electrons. The number of aryl methyl sites for hydroxylation is 1. The van der Waals surface area contributed by atoms with E-state index >= 15 is 0 Å². The van der Waals surface area contributed by atoms with Crippen LogP contribution >= 0.6 is 0 Å². The van der Waals surface area contributed by atoms with Crippen molar-refractivity contribution >= 4 is 15.8 Å². The average Bonchev–Trinajstić information content (AvgIpc) is 2.36. The second-order valence-electron chi connectivity index (χ2n) is 3.95. The summed E-state index contributed by atoms with van der Waals surface area (Å²) in [5, 5.41) is 7.32. The Kier molecular flexibility index (Phi) is 4.72. The minimum Gasteiger partial charge on any atom is -0.497 e. The fourth-order valence-corrected chi connectivity index (χ4v) is 2.56. The molecule has 1 rings (SSSR count). The molecule has 1 atom stereocenters. The molecule has 1 N–H and O–H groups in total. The van der Waals surface area contributed by atoms with Crippen LogP contribution in [0.1, 0.15) is 12.5 Å². The lowest BCUT2D eigenvalue weighted by molar-refractivity contribution is -0.136. The maximum atomic E-state index is 11.7. The molecule has 18 heavy (non-hydrogen) atoms. The van der Waals surface area contributed by atoms with Gasteiger partial charge in [0.1, 0.15) is 5.75 Å². The molecule has 0 aliphatic rings. The number of sulfone groups is 1. The number of hydrogen-bond donors (Lipinski definition) is 1. The number of aliphatic carboxylic acids is 1. The molecule has 0 saturated heterocycles. The van der Waals surface area contributed by atoms with Crippen LogP contribution in [0, 0.1) is 0 Å². The summed E-state index contributed by atoms with van der Waals surface area (Å²) < 4.78 is 28.3. The van der Waals surface area contributed by atoms with E-state index in [0.717, 1.165) is 5.56 Å². The fraction of sp³-hybridized carbons (Fsp3) is 0.417. The van der Waals surface area contributed by atoms with Crippen molar-refractivity contribution < 1.29 is 23.1 Å². The largest absolute Gasteiger partial charge is 0.497 e. The van der Waals surface area contributed by atoms with Gasteiger partial charge >= 0.3 is 5.97 Å². The molecule has 0 spiro atoms. The SMILES string of the molecule is COc1ccc(CCS(=O)(=O)C(C)C(=O)O)cc1. The van der Waals surface area contributed by atoms with Gasteiger partial charge < -0.3 is 9.84 Å². The number of carbonyl (C=O) groups is 1. The van der Waals surface area contributed by atoms with Crippen LogP contribution in [0.5, 0.6) is 5.75 Å². The zero-order valence-electron chi connectivity index (χ0n) is 10.3. The van der Waals surface area contributed by atoms with E-state index in [1.54, 1.807) is 31.4 Å². The number of methoxy groups -OCH3 is 1. The molecule has 6 heteroatoms. The maximum Gasteiger partial charge on any atom is 0.321 e. The zero-order valence-corrected chi connectivity index (χ0v) is 11.1. The monoisotopic (exact) mass is 272 g/mol. The van der Waals surface area contributed by atoms with Gasteiger partial charge in [-0.2, -0.15) is 0 Å². The second-order valence-corrected chi connectivity index (χ2v) is 6.39. The predicted molar refractivity (Wildman–Crippen MR) is 67.6 cm³/mol. The maximum absolute atomic E-state index is 11.7. The van der Waals surface area contributed by atoms with Crippen molar-refractivity contribution in [1.82, 2.24) is 0 Å². The molecule has 1 aromatic carbocycles. The molecule has 0 bridgehead atoms. The summed E-state index contributed by atoms with van der Waals surface area (Å²) in [6.07, 6.45) is 0.296. The van der Waals surface area contributed by atoms with E-state index in [-0.39, 0.29) is 5.75 Å². The summed E-state index contributed by atoms with van der Waals surface area (Å²) >= 11 is 0. The Labute approximate surface area is 106 Å². The van der Waals surface area contributed by atoms with E-state index in [1.165, 1.54) is 6.92 Å². The van der Waals surface area contributed by atoms with E-state index in [9.17, 15) is 13.2 Å². The Hall–Kier alpha value is -1.56. The summed E-state index contributed by atoms with van der Waals surface area (Å²) in [6.45, 7) is 1.19. The van der Waals surface area contributed by atoms with Gasteiger partial charge in [0.25, 0.3) is 0 Å².